The van der Waals surface area contributed by atoms with E-state index in [-0.39, 0.29) is 17.0 Å². The van der Waals surface area contributed by atoms with Crippen LogP contribution >= 0.6 is 11.3 Å². The van der Waals surface area contributed by atoms with Crippen molar-refractivity contribution in [1.82, 2.24) is 0 Å². The fourth-order valence-electron chi connectivity index (χ4n) is 2.77. The molecule has 21 heavy (non-hydrogen) atoms. The second kappa shape index (κ2) is 6.93. The van der Waals surface area contributed by atoms with Crippen LogP contribution in [0.2, 0.25) is 0 Å². The molecular weight excluding hydrogens is 286 g/mol. The lowest BCUT2D eigenvalue weighted by atomic mass is 10.1. The highest BCUT2D eigenvalue weighted by atomic mass is 32.1. The number of primary amides is 1. The van der Waals surface area contributed by atoms with Crippen LogP contribution in [-0.2, 0) is 0 Å². The molecule has 0 radical (unpaired) electrons. The minimum Gasteiger partial charge on any atom is -0.397 e. The highest BCUT2D eigenvalue weighted by Gasteiger charge is 2.25. The first-order valence-electron chi connectivity index (χ1n) is 7.56. The smallest absolute Gasteiger partial charge is 0.253 e. The van der Waals surface area contributed by atoms with E-state index in [1.165, 1.54) is 37.0 Å². The normalized spacial score (nSPS) is 16.4. The van der Waals surface area contributed by atoms with E-state index >= 15 is 0 Å². The van der Waals surface area contributed by atoms with E-state index < -0.39 is 5.91 Å². The lowest BCUT2D eigenvalue weighted by Gasteiger charge is -2.17. The average molecular weight is 309 g/mol. The third-order valence-corrected chi connectivity index (χ3v) is 5.13. The van der Waals surface area contributed by atoms with Crippen molar-refractivity contribution in [1.29, 1.82) is 0 Å². The van der Waals surface area contributed by atoms with Crippen LogP contribution in [0.1, 0.15) is 71.9 Å². The number of amides is 1. The van der Waals surface area contributed by atoms with Gasteiger partial charge in [0.05, 0.1) is 16.1 Å². The molecule has 5 N–H and O–H groups in total. The van der Waals surface area contributed by atoms with Crippen molar-refractivity contribution >= 4 is 33.7 Å². The maximum Gasteiger partial charge on any atom is 0.253 e. The summed E-state index contributed by atoms with van der Waals surface area (Å²) in [6.45, 7) is 1.78. The molecule has 0 spiro atoms. The molecule has 6 heteroatoms. The maximum atomic E-state index is 11.9. The van der Waals surface area contributed by atoms with Gasteiger partial charge in [0.15, 0.2) is 5.78 Å². The molecule has 1 aromatic rings. The van der Waals surface area contributed by atoms with Gasteiger partial charge in [0.25, 0.3) is 5.91 Å². The zero-order valence-electron chi connectivity index (χ0n) is 12.4. The van der Waals surface area contributed by atoms with Gasteiger partial charge in [-0.1, -0.05) is 32.6 Å². The fourth-order valence-corrected chi connectivity index (χ4v) is 3.98. The van der Waals surface area contributed by atoms with E-state index in [0.717, 1.165) is 12.8 Å². The van der Waals surface area contributed by atoms with Gasteiger partial charge in [-0.25, -0.2) is 0 Å². The molecule has 1 heterocycles. The van der Waals surface area contributed by atoms with Gasteiger partial charge in [-0.05, 0) is 12.8 Å². The summed E-state index contributed by atoms with van der Waals surface area (Å²) in [6, 6.07) is 0.327. The van der Waals surface area contributed by atoms with Crippen LogP contribution in [0.4, 0.5) is 10.7 Å². The number of rotatable bonds is 5. The molecule has 5 nitrogen and oxygen atoms in total. The quantitative estimate of drug-likeness (QED) is 0.574. The van der Waals surface area contributed by atoms with Crippen LogP contribution < -0.4 is 16.8 Å². The highest BCUT2D eigenvalue weighted by molar-refractivity contribution is 7.19. The molecule has 0 aromatic carbocycles. The number of nitrogen functional groups attached to an aromatic ring is 1. The van der Waals surface area contributed by atoms with Crippen LogP contribution in [0.25, 0.3) is 0 Å². The number of nitrogens with two attached hydrogens (primary N) is 2. The first-order chi connectivity index (χ1) is 10.0. The Morgan fingerprint density at radius 1 is 1.24 bits per heavy atom. The molecule has 2 rings (SSSR count). The summed E-state index contributed by atoms with van der Waals surface area (Å²) in [5.41, 5.74) is 11.9. The molecule has 1 saturated carbocycles. The van der Waals surface area contributed by atoms with E-state index in [9.17, 15) is 9.59 Å². The molecule has 0 unspecified atom stereocenters. The van der Waals surface area contributed by atoms with E-state index in [1.807, 2.05) is 0 Å². The van der Waals surface area contributed by atoms with Gasteiger partial charge in [0, 0.05) is 12.5 Å². The molecule has 0 bridgehead atoms. The van der Waals surface area contributed by atoms with Crippen molar-refractivity contribution in [3.8, 4) is 0 Å². The summed E-state index contributed by atoms with van der Waals surface area (Å²) in [5, 5.41) is 4.05. The Hall–Kier alpha value is -1.56. The SMILES string of the molecule is CCC(=O)c1sc(NC2CCCCCC2)c(C(N)=O)c1N. The van der Waals surface area contributed by atoms with E-state index in [0.29, 0.717) is 22.3 Å². The van der Waals surface area contributed by atoms with Crippen LogP contribution in [-0.4, -0.2) is 17.7 Å². The summed E-state index contributed by atoms with van der Waals surface area (Å²) < 4.78 is 0. The molecule has 0 atom stereocenters. The number of hydrogen-bond acceptors (Lipinski definition) is 5. The van der Waals surface area contributed by atoms with Crippen LogP contribution in [0, 0.1) is 0 Å². The number of carbonyl (C=O) groups is 2. The van der Waals surface area contributed by atoms with Crippen LogP contribution in [0.3, 0.4) is 0 Å². The third-order valence-electron chi connectivity index (χ3n) is 3.96. The van der Waals surface area contributed by atoms with Gasteiger partial charge in [-0.3, -0.25) is 9.59 Å². The summed E-state index contributed by atoms with van der Waals surface area (Å²) in [6.07, 6.45) is 7.41. The van der Waals surface area contributed by atoms with Gasteiger partial charge in [-0.2, -0.15) is 0 Å². The maximum absolute atomic E-state index is 11.9. The Balaban J connectivity index is 2.28. The third kappa shape index (κ3) is 3.56. The number of Topliss-reactive ketones (excluding diaryl/α,β-unsaturated/α-hetero) is 1. The summed E-state index contributed by atoms with van der Waals surface area (Å²) in [5.74, 6) is -0.621. The Bertz CT molecular complexity index is 531. The standard InChI is InChI=1S/C15H23N3O2S/c1-2-10(19)13-12(16)11(14(17)20)15(21-13)18-9-7-5-3-4-6-8-9/h9,18H,2-8,16H2,1H3,(H2,17,20). The van der Waals surface area contributed by atoms with Crippen molar-refractivity contribution in [2.45, 2.75) is 57.9 Å². The Morgan fingerprint density at radius 3 is 2.38 bits per heavy atom. The van der Waals surface area contributed by atoms with Crippen molar-refractivity contribution < 1.29 is 9.59 Å². The summed E-state index contributed by atoms with van der Waals surface area (Å²) >= 11 is 1.26. The number of ketones is 1. The van der Waals surface area contributed by atoms with Gasteiger partial charge in [-0.15, -0.1) is 11.3 Å². The fraction of sp³-hybridized carbons (Fsp3) is 0.600. The van der Waals surface area contributed by atoms with Crippen LogP contribution in [0.15, 0.2) is 0 Å². The number of hydrogen-bond donors (Lipinski definition) is 3. The van der Waals surface area contributed by atoms with Crippen molar-refractivity contribution in [2.24, 2.45) is 5.73 Å². The zero-order valence-corrected chi connectivity index (χ0v) is 13.2. The molecule has 1 amide bonds. The van der Waals surface area contributed by atoms with Crippen molar-refractivity contribution in [3.05, 3.63) is 10.4 Å². The lowest BCUT2D eigenvalue weighted by molar-refractivity contribution is 0.0991. The van der Waals surface area contributed by atoms with E-state index in [1.54, 1.807) is 6.92 Å². The minimum absolute atomic E-state index is 0.0473. The largest absolute Gasteiger partial charge is 0.397 e. The number of anilines is 2. The zero-order chi connectivity index (χ0) is 15.4. The Kier molecular flexibility index (Phi) is 5.22. The number of thiophene rings is 1. The molecule has 116 valence electrons. The lowest BCUT2D eigenvalue weighted by Crippen LogP contribution is -2.21. The van der Waals surface area contributed by atoms with Crippen molar-refractivity contribution in [3.63, 3.8) is 0 Å². The van der Waals surface area contributed by atoms with Gasteiger partial charge in [0.1, 0.15) is 5.00 Å². The van der Waals surface area contributed by atoms with Crippen LogP contribution in [0.5, 0.6) is 0 Å². The van der Waals surface area contributed by atoms with Crippen molar-refractivity contribution in [2.75, 3.05) is 11.1 Å². The van der Waals surface area contributed by atoms with E-state index in [2.05, 4.69) is 5.32 Å². The first-order valence-corrected chi connectivity index (χ1v) is 8.38. The minimum atomic E-state index is -0.574. The molecule has 1 aliphatic carbocycles. The summed E-state index contributed by atoms with van der Waals surface area (Å²) in [4.78, 5) is 24.0. The molecule has 1 aromatic heterocycles. The second-order valence-corrected chi connectivity index (χ2v) is 6.54. The monoisotopic (exact) mass is 309 g/mol. The van der Waals surface area contributed by atoms with Gasteiger partial charge >= 0.3 is 0 Å². The molecule has 0 saturated heterocycles. The van der Waals surface area contributed by atoms with Gasteiger partial charge in [0.2, 0.25) is 0 Å². The molecule has 1 aliphatic rings. The first kappa shape index (κ1) is 15.8. The topological polar surface area (TPSA) is 98.2 Å². The summed E-state index contributed by atoms with van der Waals surface area (Å²) in [7, 11) is 0. The Morgan fingerprint density at radius 2 is 1.86 bits per heavy atom. The Labute approximate surface area is 129 Å². The van der Waals surface area contributed by atoms with E-state index in [4.69, 9.17) is 11.5 Å². The molecular formula is C15H23N3O2S. The average Bonchev–Trinajstić information content (AvgIpc) is 2.63. The second-order valence-electron chi connectivity index (χ2n) is 5.52. The predicted octanol–water partition coefficient (Wildman–Crippen LogP) is 3.16. The molecule has 1 fully saturated rings. The highest BCUT2D eigenvalue weighted by Crippen LogP contribution is 2.37. The predicted molar refractivity (Wildman–Crippen MR) is 87.0 cm³/mol. The number of carbonyl (C=O) groups excluding carboxylic acids is 2. The molecule has 0 aliphatic heterocycles. The van der Waals surface area contributed by atoms with Gasteiger partial charge < -0.3 is 16.8 Å². The number of nitrogens with one attached hydrogen (secondary N) is 1.